The summed E-state index contributed by atoms with van der Waals surface area (Å²) in [6.07, 6.45) is 1.83. The van der Waals surface area contributed by atoms with Gasteiger partial charge in [0.15, 0.2) is 5.82 Å². The Labute approximate surface area is 147 Å². The molecule has 2 aromatic heterocycles. The molecule has 1 atom stereocenters. The van der Waals surface area contributed by atoms with Gasteiger partial charge in [0.2, 0.25) is 11.8 Å². The molecule has 1 aliphatic heterocycles. The van der Waals surface area contributed by atoms with E-state index in [9.17, 15) is 4.79 Å². The topological polar surface area (TPSA) is 88.5 Å². The Morgan fingerprint density at radius 2 is 2.00 bits per heavy atom. The van der Waals surface area contributed by atoms with Gasteiger partial charge in [0.25, 0.3) is 0 Å². The molecule has 0 spiro atoms. The first-order chi connectivity index (χ1) is 12.0. The fourth-order valence-electron chi connectivity index (χ4n) is 3.22. The third-order valence-corrected chi connectivity index (χ3v) is 4.76. The Kier molecular flexibility index (Phi) is 5.17. The zero-order valence-electron chi connectivity index (χ0n) is 15.3. The van der Waals surface area contributed by atoms with E-state index in [1.54, 1.807) is 6.92 Å². The van der Waals surface area contributed by atoms with Gasteiger partial charge in [0, 0.05) is 31.6 Å². The Morgan fingerprint density at radius 3 is 2.64 bits per heavy atom. The lowest BCUT2D eigenvalue weighted by Gasteiger charge is -2.37. The summed E-state index contributed by atoms with van der Waals surface area (Å²) in [5, 5.41) is 7.96. The smallest absolute Gasteiger partial charge is 0.245 e. The number of amides is 1. The third-order valence-electron chi connectivity index (χ3n) is 4.76. The zero-order chi connectivity index (χ0) is 18.0. The number of carbonyl (C=O) groups excluding carboxylic acids is 1. The molecule has 1 saturated heterocycles. The average molecular weight is 347 g/mol. The maximum Gasteiger partial charge on any atom is 0.245 e. The van der Waals surface area contributed by atoms with Crippen molar-refractivity contribution < 1.29 is 13.8 Å². The van der Waals surface area contributed by atoms with Crippen LogP contribution in [0, 0.1) is 6.92 Å². The summed E-state index contributed by atoms with van der Waals surface area (Å²) in [4.78, 5) is 21.2. The lowest BCUT2D eigenvalue weighted by molar-refractivity contribution is -0.133. The second-order valence-electron chi connectivity index (χ2n) is 6.43. The molecule has 136 valence electrons. The number of hydrogen-bond acceptors (Lipinski definition) is 7. The first kappa shape index (κ1) is 17.6. The minimum Gasteiger partial charge on any atom is -0.361 e. The standard InChI is InChI=1S/C17H25N5O3/c1-5-13-12(15(6-2)24-20-13)9-16(23)22-8-7-21(4)14(10-22)17-18-11(3)19-25-17/h14H,5-10H2,1-4H3/t14-/m1/s1. The van der Waals surface area contributed by atoms with Gasteiger partial charge in [-0.05, 0) is 20.4 Å². The molecule has 1 fully saturated rings. The van der Waals surface area contributed by atoms with E-state index in [1.165, 1.54) is 0 Å². The fourth-order valence-corrected chi connectivity index (χ4v) is 3.22. The van der Waals surface area contributed by atoms with Crippen LogP contribution in [0.15, 0.2) is 9.05 Å². The molecule has 25 heavy (non-hydrogen) atoms. The maximum atomic E-state index is 12.9. The Bertz CT molecular complexity index is 717. The number of nitrogens with zero attached hydrogens (tertiary/aromatic N) is 5. The van der Waals surface area contributed by atoms with Crippen molar-refractivity contribution in [2.75, 3.05) is 26.7 Å². The first-order valence-corrected chi connectivity index (χ1v) is 8.78. The molecule has 2 aromatic rings. The van der Waals surface area contributed by atoms with Crippen LogP contribution in [-0.2, 0) is 24.1 Å². The monoisotopic (exact) mass is 347 g/mol. The summed E-state index contributed by atoms with van der Waals surface area (Å²) < 4.78 is 10.7. The average Bonchev–Trinajstić information content (AvgIpc) is 3.21. The highest BCUT2D eigenvalue weighted by atomic mass is 16.5. The number of aromatic nitrogens is 3. The van der Waals surface area contributed by atoms with Crippen molar-refractivity contribution in [2.45, 2.75) is 46.1 Å². The van der Waals surface area contributed by atoms with Crippen LogP contribution in [-0.4, -0.2) is 57.7 Å². The van der Waals surface area contributed by atoms with E-state index >= 15 is 0 Å². The van der Waals surface area contributed by atoms with Crippen LogP contribution < -0.4 is 0 Å². The normalized spacial score (nSPS) is 18.7. The molecule has 1 amide bonds. The molecule has 0 bridgehead atoms. The number of likely N-dealkylation sites (N-methyl/N-ethyl adjacent to an activating group) is 1. The quantitative estimate of drug-likeness (QED) is 0.810. The largest absolute Gasteiger partial charge is 0.361 e. The van der Waals surface area contributed by atoms with E-state index in [0.29, 0.717) is 31.2 Å². The Balaban J connectivity index is 1.73. The van der Waals surface area contributed by atoms with Crippen LogP contribution in [0.5, 0.6) is 0 Å². The van der Waals surface area contributed by atoms with E-state index < -0.39 is 0 Å². The second kappa shape index (κ2) is 7.35. The lowest BCUT2D eigenvalue weighted by Crippen LogP contribution is -2.49. The third kappa shape index (κ3) is 3.58. The van der Waals surface area contributed by atoms with Gasteiger partial charge in [-0.3, -0.25) is 9.69 Å². The predicted octanol–water partition coefficient (Wildman–Crippen LogP) is 1.55. The number of aryl methyl sites for hydroxylation is 3. The molecule has 0 radical (unpaired) electrons. The van der Waals surface area contributed by atoms with E-state index in [-0.39, 0.29) is 11.9 Å². The highest BCUT2D eigenvalue weighted by Gasteiger charge is 2.32. The molecular formula is C17H25N5O3. The van der Waals surface area contributed by atoms with Gasteiger partial charge in [-0.15, -0.1) is 0 Å². The first-order valence-electron chi connectivity index (χ1n) is 8.78. The summed E-state index contributed by atoms with van der Waals surface area (Å²) in [6, 6.07) is -0.0716. The fraction of sp³-hybridized carbons (Fsp3) is 0.647. The molecular weight excluding hydrogens is 322 g/mol. The predicted molar refractivity (Wildman–Crippen MR) is 89.9 cm³/mol. The van der Waals surface area contributed by atoms with Gasteiger partial charge >= 0.3 is 0 Å². The number of rotatable bonds is 5. The van der Waals surface area contributed by atoms with E-state index in [4.69, 9.17) is 9.05 Å². The highest BCUT2D eigenvalue weighted by molar-refractivity contribution is 5.79. The molecule has 0 aromatic carbocycles. The second-order valence-corrected chi connectivity index (χ2v) is 6.43. The molecule has 8 nitrogen and oxygen atoms in total. The van der Waals surface area contributed by atoms with Gasteiger partial charge in [-0.2, -0.15) is 4.98 Å². The minimum atomic E-state index is -0.0716. The summed E-state index contributed by atoms with van der Waals surface area (Å²) in [5.74, 6) is 2.06. The Morgan fingerprint density at radius 1 is 1.20 bits per heavy atom. The van der Waals surface area contributed by atoms with Crippen LogP contribution in [0.4, 0.5) is 0 Å². The van der Waals surface area contributed by atoms with Crippen LogP contribution >= 0.6 is 0 Å². The highest BCUT2D eigenvalue weighted by Crippen LogP contribution is 2.24. The Hall–Kier alpha value is -2.22. The molecule has 0 saturated carbocycles. The van der Waals surface area contributed by atoms with Crippen LogP contribution in [0.3, 0.4) is 0 Å². The van der Waals surface area contributed by atoms with Gasteiger partial charge in [0.05, 0.1) is 12.1 Å². The number of hydrogen-bond donors (Lipinski definition) is 0. The van der Waals surface area contributed by atoms with Gasteiger partial charge in [0.1, 0.15) is 11.8 Å². The van der Waals surface area contributed by atoms with Gasteiger partial charge < -0.3 is 13.9 Å². The summed E-state index contributed by atoms with van der Waals surface area (Å²) in [7, 11) is 2.01. The van der Waals surface area contributed by atoms with Crippen molar-refractivity contribution in [3.63, 3.8) is 0 Å². The SMILES string of the molecule is CCc1noc(CC)c1CC(=O)N1CCN(C)[C@@H](c2nc(C)no2)C1. The van der Waals surface area contributed by atoms with E-state index in [1.807, 2.05) is 25.8 Å². The molecule has 1 aliphatic rings. The van der Waals surface area contributed by atoms with Crippen molar-refractivity contribution in [2.24, 2.45) is 0 Å². The molecule has 3 heterocycles. The van der Waals surface area contributed by atoms with Crippen molar-refractivity contribution in [3.8, 4) is 0 Å². The molecule has 0 unspecified atom stereocenters. The van der Waals surface area contributed by atoms with Crippen molar-refractivity contribution in [1.82, 2.24) is 25.1 Å². The van der Waals surface area contributed by atoms with Crippen molar-refractivity contribution >= 4 is 5.91 Å². The van der Waals surface area contributed by atoms with Crippen molar-refractivity contribution in [3.05, 3.63) is 28.7 Å². The molecule has 8 heteroatoms. The number of piperazine rings is 1. The lowest BCUT2D eigenvalue weighted by atomic mass is 10.0. The summed E-state index contributed by atoms with van der Waals surface area (Å²) in [6.45, 7) is 7.83. The van der Waals surface area contributed by atoms with Crippen LogP contribution in [0.2, 0.25) is 0 Å². The van der Waals surface area contributed by atoms with Crippen LogP contribution in [0.1, 0.15) is 48.6 Å². The molecule has 0 aliphatic carbocycles. The van der Waals surface area contributed by atoms with Crippen molar-refractivity contribution in [1.29, 1.82) is 0 Å². The van der Waals surface area contributed by atoms with Gasteiger partial charge in [-0.1, -0.05) is 24.2 Å². The maximum absolute atomic E-state index is 12.9. The zero-order valence-corrected chi connectivity index (χ0v) is 15.3. The van der Waals surface area contributed by atoms with Crippen LogP contribution in [0.25, 0.3) is 0 Å². The molecule has 0 N–H and O–H groups in total. The van der Waals surface area contributed by atoms with E-state index in [2.05, 4.69) is 20.2 Å². The van der Waals surface area contributed by atoms with Gasteiger partial charge in [-0.25, -0.2) is 0 Å². The summed E-state index contributed by atoms with van der Waals surface area (Å²) in [5.41, 5.74) is 1.82. The molecule has 3 rings (SSSR count). The minimum absolute atomic E-state index is 0.0716. The van der Waals surface area contributed by atoms with E-state index in [0.717, 1.165) is 36.4 Å². The summed E-state index contributed by atoms with van der Waals surface area (Å²) >= 11 is 0. The number of carbonyl (C=O) groups is 1.